The molecular formula is C26H32F3N7O3. The molecule has 4 rings (SSSR count). The van der Waals surface area contributed by atoms with Gasteiger partial charge < -0.3 is 25.3 Å². The molecule has 39 heavy (non-hydrogen) atoms. The van der Waals surface area contributed by atoms with Crippen molar-refractivity contribution in [3.8, 4) is 11.3 Å². The van der Waals surface area contributed by atoms with E-state index in [1.807, 2.05) is 33.7 Å². The van der Waals surface area contributed by atoms with E-state index in [0.717, 1.165) is 48.6 Å². The molecule has 0 saturated carbocycles. The molecule has 0 aliphatic carbocycles. The van der Waals surface area contributed by atoms with Crippen molar-refractivity contribution in [3.63, 3.8) is 0 Å². The number of hydroxylamine groups is 1. The van der Waals surface area contributed by atoms with Gasteiger partial charge in [0.05, 0.1) is 24.9 Å². The molecule has 1 aliphatic rings. The second-order valence-corrected chi connectivity index (χ2v) is 9.34. The molecule has 210 valence electrons. The first-order valence-electron chi connectivity index (χ1n) is 12.7. The quantitative estimate of drug-likeness (QED) is 0.267. The number of alkyl halides is 3. The summed E-state index contributed by atoms with van der Waals surface area (Å²) in [7, 11) is 2.05. The van der Waals surface area contributed by atoms with Crippen LogP contribution < -0.4 is 16.1 Å². The van der Waals surface area contributed by atoms with Crippen LogP contribution >= 0.6 is 0 Å². The zero-order chi connectivity index (χ0) is 27.8. The standard InChI is InChI=1S/C26H32F3N7O3/c1-34-10-12-35(13-11-34)24(37)7-14-39-32-8-5-19-6-9-36-22(17-30-23(36)15-19)20-3-2-4-21(16-20)33-25(38)31-18-26(27,28)29/h2-4,6,9,15-17,32H,5,7-8,10-14,18H2,1H3,(H2,31,33,38). The minimum Gasteiger partial charge on any atom is -0.340 e. The highest BCUT2D eigenvalue weighted by Gasteiger charge is 2.27. The number of imidazole rings is 1. The first-order chi connectivity index (χ1) is 18.7. The Kier molecular flexibility index (Phi) is 9.38. The molecule has 10 nitrogen and oxygen atoms in total. The van der Waals surface area contributed by atoms with Gasteiger partial charge in [0.25, 0.3) is 0 Å². The van der Waals surface area contributed by atoms with Crippen LogP contribution in [0.2, 0.25) is 0 Å². The molecule has 0 spiro atoms. The van der Waals surface area contributed by atoms with Gasteiger partial charge in [-0.05, 0) is 43.3 Å². The van der Waals surface area contributed by atoms with E-state index in [1.165, 1.54) is 0 Å². The molecule has 2 aromatic heterocycles. The number of aromatic nitrogens is 2. The lowest BCUT2D eigenvalue weighted by atomic mass is 10.1. The highest BCUT2D eigenvalue weighted by Crippen LogP contribution is 2.24. The van der Waals surface area contributed by atoms with Gasteiger partial charge in [-0.3, -0.25) is 9.20 Å². The zero-order valence-corrected chi connectivity index (χ0v) is 21.6. The zero-order valence-electron chi connectivity index (χ0n) is 21.6. The number of fused-ring (bicyclic) bond motifs is 1. The highest BCUT2D eigenvalue weighted by molar-refractivity contribution is 5.90. The van der Waals surface area contributed by atoms with Gasteiger partial charge in [-0.15, -0.1) is 0 Å². The van der Waals surface area contributed by atoms with E-state index in [-0.39, 0.29) is 5.91 Å². The predicted octanol–water partition coefficient (Wildman–Crippen LogP) is 2.91. The molecule has 0 unspecified atom stereocenters. The Balaban J connectivity index is 1.24. The number of hydrogen-bond acceptors (Lipinski definition) is 6. The number of rotatable bonds is 10. The van der Waals surface area contributed by atoms with Crippen molar-refractivity contribution in [2.24, 2.45) is 0 Å². The van der Waals surface area contributed by atoms with Gasteiger partial charge in [0, 0.05) is 50.2 Å². The predicted molar refractivity (Wildman–Crippen MR) is 140 cm³/mol. The van der Waals surface area contributed by atoms with Gasteiger partial charge in [-0.1, -0.05) is 12.1 Å². The summed E-state index contributed by atoms with van der Waals surface area (Å²) in [5.41, 5.74) is 6.54. The third-order valence-electron chi connectivity index (χ3n) is 6.34. The van der Waals surface area contributed by atoms with Crippen LogP contribution in [0.3, 0.4) is 0 Å². The Bertz CT molecular complexity index is 1270. The van der Waals surface area contributed by atoms with Crippen LogP contribution in [0.4, 0.5) is 23.7 Å². The number of piperazine rings is 1. The van der Waals surface area contributed by atoms with Crippen molar-refractivity contribution in [3.05, 3.63) is 54.4 Å². The van der Waals surface area contributed by atoms with Crippen molar-refractivity contribution in [2.45, 2.75) is 19.0 Å². The number of nitrogens with one attached hydrogen (secondary N) is 3. The topological polar surface area (TPSA) is 103 Å². The Labute approximate surface area is 224 Å². The van der Waals surface area contributed by atoms with E-state index in [1.54, 1.807) is 29.7 Å². The molecule has 0 atom stereocenters. The fraction of sp³-hybridized carbons (Fsp3) is 0.423. The van der Waals surface area contributed by atoms with E-state index in [0.29, 0.717) is 31.7 Å². The summed E-state index contributed by atoms with van der Waals surface area (Å²) >= 11 is 0. The molecule has 1 saturated heterocycles. The molecule has 3 N–H and O–H groups in total. The molecular weight excluding hydrogens is 515 g/mol. The molecule has 3 heterocycles. The lowest BCUT2D eigenvalue weighted by Gasteiger charge is -2.32. The van der Waals surface area contributed by atoms with Crippen molar-refractivity contribution in [2.75, 3.05) is 58.2 Å². The summed E-state index contributed by atoms with van der Waals surface area (Å²) in [6.07, 6.45) is 0.133. The molecule has 1 fully saturated rings. The third-order valence-corrected chi connectivity index (χ3v) is 6.34. The fourth-order valence-electron chi connectivity index (χ4n) is 4.20. The summed E-state index contributed by atoms with van der Waals surface area (Å²) in [6, 6.07) is 9.76. The minimum atomic E-state index is -4.48. The normalized spacial score (nSPS) is 14.5. The number of pyridine rings is 1. The number of amides is 3. The average molecular weight is 548 g/mol. The second-order valence-electron chi connectivity index (χ2n) is 9.34. The number of carbonyl (C=O) groups excluding carboxylic acids is 2. The summed E-state index contributed by atoms with van der Waals surface area (Å²) in [5, 5.41) is 4.20. The molecule has 13 heteroatoms. The number of carbonyl (C=O) groups is 2. The van der Waals surface area contributed by atoms with Gasteiger partial charge in [0.15, 0.2) is 0 Å². The van der Waals surface area contributed by atoms with Gasteiger partial charge in [-0.25, -0.2) is 15.3 Å². The van der Waals surface area contributed by atoms with E-state index >= 15 is 0 Å². The van der Waals surface area contributed by atoms with Gasteiger partial charge in [-0.2, -0.15) is 13.2 Å². The first kappa shape index (κ1) is 28.3. The van der Waals surface area contributed by atoms with Crippen molar-refractivity contribution in [1.29, 1.82) is 0 Å². The van der Waals surface area contributed by atoms with Crippen LogP contribution in [0.5, 0.6) is 0 Å². The van der Waals surface area contributed by atoms with Gasteiger partial charge >= 0.3 is 12.2 Å². The maximum atomic E-state index is 12.3. The summed E-state index contributed by atoms with van der Waals surface area (Å²) in [5.74, 6) is 0.108. The number of nitrogens with zero attached hydrogens (tertiary/aromatic N) is 4. The maximum absolute atomic E-state index is 12.3. The summed E-state index contributed by atoms with van der Waals surface area (Å²) in [6.45, 7) is 2.76. The number of halogens is 3. The first-order valence-corrected chi connectivity index (χ1v) is 12.7. The second kappa shape index (κ2) is 12.9. The molecule has 0 bridgehead atoms. The molecule has 1 aromatic carbocycles. The van der Waals surface area contributed by atoms with Crippen LogP contribution in [0.1, 0.15) is 12.0 Å². The molecule has 0 radical (unpaired) electrons. The Hall–Kier alpha value is -3.68. The third kappa shape index (κ3) is 8.40. The van der Waals surface area contributed by atoms with Gasteiger partial charge in [0.1, 0.15) is 12.2 Å². The van der Waals surface area contributed by atoms with Crippen LogP contribution in [0.15, 0.2) is 48.8 Å². The van der Waals surface area contributed by atoms with E-state index in [4.69, 9.17) is 4.84 Å². The largest absolute Gasteiger partial charge is 0.405 e. The number of anilines is 1. The number of hydrogen-bond donors (Lipinski definition) is 3. The molecule has 1 aliphatic heterocycles. The van der Waals surface area contributed by atoms with Crippen LogP contribution in [-0.4, -0.2) is 90.2 Å². The smallest absolute Gasteiger partial charge is 0.340 e. The van der Waals surface area contributed by atoms with Crippen molar-refractivity contribution in [1.82, 2.24) is 30.0 Å². The lowest BCUT2D eigenvalue weighted by molar-refractivity contribution is -0.134. The highest BCUT2D eigenvalue weighted by atomic mass is 19.4. The molecule has 3 aromatic rings. The van der Waals surface area contributed by atoms with Gasteiger partial charge in [0.2, 0.25) is 5.91 Å². The lowest BCUT2D eigenvalue weighted by Crippen LogP contribution is -2.47. The Morgan fingerprint density at radius 1 is 1.10 bits per heavy atom. The summed E-state index contributed by atoms with van der Waals surface area (Å²) in [4.78, 5) is 38.0. The number of likely N-dealkylation sites (N-methyl/N-ethyl adjacent to an activating group) is 1. The van der Waals surface area contributed by atoms with Crippen molar-refractivity contribution < 1.29 is 27.6 Å². The van der Waals surface area contributed by atoms with Crippen LogP contribution in [-0.2, 0) is 16.1 Å². The average Bonchev–Trinajstić information content (AvgIpc) is 3.33. The number of benzene rings is 1. The Morgan fingerprint density at radius 3 is 2.67 bits per heavy atom. The summed E-state index contributed by atoms with van der Waals surface area (Å²) < 4.78 is 38.8. The Morgan fingerprint density at radius 2 is 1.90 bits per heavy atom. The van der Waals surface area contributed by atoms with Crippen molar-refractivity contribution >= 4 is 23.3 Å². The number of urea groups is 1. The van der Waals surface area contributed by atoms with Crippen LogP contribution in [0, 0.1) is 0 Å². The SMILES string of the molecule is CN1CCN(C(=O)CCONCCc2ccn3c(-c4cccc(NC(=O)NCC(F)(F)F)c4)cnc3c2)CC1. The van der Waals surface area contributed by atoms with Crippen LogP contribution in [0.25, 0.3) is 16.9 Å². The monoisotopic (exact) mass is 547 g/mol. The fourth-order valence-corrected chi connectivity index (χ4v) is 4.20. The maximum Gasteiger partial charge on any atom is 0.405 e. The molecule has 3 amide bonds. The van der Waals surface area contributed by atoms with E-state index in [9.17, 15) is 22.8 Å². The minimum absolute atomic E-state index is 0.108. The van der Waals surface area contributed by atoms with E-state index in [2.05, 4.69) is 27.7 Å². The van der Waals surface area contributed by atoms with E-state index < -0.39 is 18.8 Å².